The summed E-state index contributed by atoms with van der Waals surface area (Å²) in [6.45, 7) is 0. The first-order valence-electron chi connectivity index (χ1n) is 6.51. The van der Waals surface area contributed by atoms with Crippen molar-refractivity contribution in [3.63, 3.8) is 0 Å². The number of primary amides is 1. The van der Waals surface area contributed by atoms with Crippen LogP contribution in [-0.2, 0) is 0 Å². The first-order valence-corrected chi connectivity index (χ1v) is 6.51. The number of nitrogens with two attached hydrogens (primary N) is 1. The number of benzene rings is 1. The van der Waals surface area contributed by atoms with E-state index < -0.39 is 12.1 Å². The summed E-state index contributed by atoms with van der Waals surface area (Å²) in [6, 6.07) is 9.49. The van der Waals surface area contributed by atoms with Crippen LogP contribution in [0.2, 0.25) is 0 Å². The van der Waals surface area contributed by atoms with Crippen LogP contribution in [0.5, 0.6) is 5.75 Å². The molecule has 1 atom stereocenters. The molecule has 0 aliphatic carbocycles. The van der Waals surface area contributed by atoms with E-state index in [9.17, 15) is 9.90 Å². The number of carbonyl (C=O) groups excluding carboxylic acids is 1. The number of hydrazone groups is 1. The van der Waals surface area contributed by atoms with Gasteiger partial charge in [-0.2, -0.15) is 5.10 Å². The Morgan fingerprint density at radius 2 is 2.10 bits per heavy atom. The number of hydrogen-bond acceptors (Lipinski definition) is 4. The summed E-state index contributed by atoms with van der Waals surface area (Å²) in [4.78, 5) is 15.7. The van der Waals surface area contributed by atoms with Crippen molar-refractivity contribution in [3.8, 4) is 5.75 Å². The van der Waals surface area contributed by atoms with Gasteiger partial charge in [-0.1, -0.05) is 24.3 Å². The van der Waals surface area contributed by atoms with Crippen LogP contribution < -0.4 is 5.73 Å². The normalized spacial score (nSPS) is 17.6. The number of rotatable bonds is 2. The van der Waals surface area contributed by atoms with Crippen LogP contribution in [0.25, 0.3) is 0 Å². The van der Waals surface area contributed by atoms with Gasteiger partial charge in [-0.05, 0) is 12.1 Å². The highest BCUT2D eigenvalue weighted by molar-refractivity contribution is 6.02. The summed E-state index contributed by atoms with van der Waals surface area (Å²) in [5.41, 5.74) is 7.58. The third-order valence-electron chi connectivity index (χ3n) is 3.43. The SMILES string of the molecule is NC(=O)N1N=C(c2cccnc2)CC1c1ccccc1O. The first kappa shape index (κ1) is 13.1. The van der Waals surface area contributed by atoms with Crippen LogP contribution in [0.3, 0.4) is 0 Å². The predicted molar refractivity (Wildman–Crippen MR) is 77.7 cm³/mol. The van der Waals surface area contributed by atoms with Gasteiger partial charge in [-0.25, -0.2) is 9.80 Å². The number of phenolic OH excluding ortho intramolecular Hbond substituents is 1. The standard InChI is InChI=1S/C15H14N4O2/c16-15(21)19-13(11-5-1-2-6-14(11)20)8-12(18-19)10-4-3-7-17-9-10/h1-7,9,13,20H,8H2,(H2,16,21). The number of pyridine rings is 1. The van der Waals surface area contributed by atoms with Gasteiger partial charge in [0.25, 0.3) is 0 Å². The molecule has 0 spiro atoms. The average molecular weight is 282 g/mol. The van der Waals surface area contributed by atoms with Gasteiger partial charge in [0.2, 0.25) is 0 Å². The minimum absolute atomic E-state index is 0.122. The lowest BCUT2D eigenvalue weighted by Gasteiger charge is -2.20. The maximum atomic E-state index is 11.6. The van der Waals surface area contributed by atoms with E-state index in [0.717, 1.165) is 11.3 Å². The molecule has 0 bridgehead atoms. The van der Waals surface area contributed by atoms with Crippen molar-refractivity contribution >= 4 is 11.7 Å². The van der Waals surface area contributed by atoms with Crippen LogP contribution in [0, 0.1) is 0 Å². The van der Waals surface area contributed by atoms with Gasteiger partial charge < -0.3 is 10.8 Å². The molecular weight excluding hydrogens is 268 g/mol. The Kier molecular flexibility index (Phi) is 3.27. The van der Waals surface area contributed by atoms with Crippen LogP contribution in [0.15, 0.2) is 53.9 Å². The largest absolute Gasteiger partial charge is 0.508 e. The summed E-state index contributed by atoms with van der Waals surface area (Å²) in [5.74, 6) is 0.122. The summed E-state index contributed by atoms with van der Waals surface area (Å²) in [5, 5.41) is 15.5. The highest BCUT2D eigenvalue weighted by Crippen LogP contribution is 2.36. The molecule has 0 saturated carbocycles. The van der Waals surface area contributed by atoms with Crippen molar-refractivity contribution < 1.29 is 9.90 Å². The first-order chi connectivity index (χ1) is 10.2. The van der Waals surface area contributed by atoms with E-state index in [1.54, 1.807) is 42.7 Å². The number of hydrogen-bond donors (Lipinski definition) is 2. The average Bonchev–Trinajstić information content (AvgIpc) is 2.94. The number of phenols is 1. The van der Waals surface area contributed by atoms with Gasteiger partial charge in [-0.3, -0.25) is 4.98 Å². The lowest BCUT2D eigenvalue weighted by molar-refractivity contribution is 0.195. The van der Waals surface area contributed by atoms with E-state index in [1.807, 2.05) is 6.07 Å². The quantitative estimate of drug-likeness (QED) is 0.882. The van der Waals surface area contributed by atoms with Gasteiger partial charge in [0.05, 0.1) is 11.8 Å². The lowest BCUT2D eigenvalue weighted by Crippen LogP contribution is -2.31. The fourth-order valence-electron chi connectivity index (χ4n) is 2.43. The van der Waals surface area contributed by atoms with E-state index >= 15 is 0 Å². The van der Waals surface area contributed by atoms with E-state index in [0.29, 0.717) is 12.0 Å². The Morgan fingerprint density at radius 1 is 1.29 bits per heavy atom. The van der Waals surface area contributed by atoms with Crippen molar-refractivity contribution in [2.75, 3.05) is 0 Å². The van der Waals surface area contributed by atoms with E-state index in [2.05, 4.69) is 10.1 Å². The molecule has 0 saturated heterocycles. The molecule has 6 heteroatoms. The molecule has 0 radical (unpaired) electrons. The Morgan fingerprint density at radius 3 is 2.76 bits per heavy atom. The Balaban J connectivity index is 1.98. The molecule has 3 rings (SSSR count). The van der Waals surface area contributed by atoms with Gasteiger partial charge in [0.1, 0.15) is 5.75 Å². The molecule has 21 heavy (non-hydrogen) atoms. The molecule has 106 valence electrons. The minimum atomic E-state index is -0.651. The second-order valence-electron chi connectivity index (χ2n) is 4.75. The zero-order valence-electron chi connectivity index (χ0n) is 11.2. The Hall–Kier alpha value is -2.89. The zero-order chi connectivity index (χ0) is 14.8. The van der Waals surface area contributed by atoms with Gasteiger partial charge >= 0.3 is 6.03 Å². The second-order valence-corrected chi connectivity index (χ2v) is 4.75. The number of carbonyl (C=O) groups is 1. The zero-order valence-corrected chi connectivity index (χ0v) is 11.2. The van der Waals surface area contributed by atoms with E-state index in [4.69, 9.17) is 5.73 Å². The van der Waals surface area contributed by atoms with Crippen molar-refractivity contribution in [1.82, 2.24) is 9.99 Å². The smallest absolute Gasteiger partial charge is 0.335 e. The van der Waals surface area contributed by atoms with Gasteiger partial charge in [0.15, 0.2) is 0 Å². The highest BCUT2D eigenvalue weighted by atomic mass is 16.3. The van der Waals surface area contributed by atoms with Gasteiger partial charge in [-0.15, -0.1) is 0 Å². The van der Waals surface area contributed by atoms with Gasteiger partial charge in [0, 0.05) is 29.9 Å². The molecule has 1 aliphatic rings. The highest BCUT2D eigenvalue weighted by Gasteiger charge is 2.33. The second kappa shape index (κ2) is 5.24. The van der Waals surface area contributed by atoms with Crippen LogP contribution in [-0.4, -0.2) is 26.8 Å². The van der Waals surface area contributed by atoms with Crippen LogP contribution in [0.4, 0.5) is 4.79 Å². The fraction of sp³-hybridized carbons (Fsp3) is 0.133. The van der Waals surface area contributed by atoms with Crippen LogP contribution >= 0.6 is 0 Å². The minimum Gasteiger partial charge on any atom is -0.508 e. The third kappa shape index (κ3) is 2.43. The molecule has 2 aromatic rings. The molecule has 6 nitrogen and oxygen atoms in total. The van der Waals surface area contributed by atoms with Crippen molar-refractivity contribution in [2.24, 2.45) is 10.8 Å². The van der Waals surface area contributed by atoms with E-state index in [1.165, 1.54) is 5.01 Å². The molecule has 3 N–H and O–H groups in total. The molecule has 1 unspecified atom stereocenters. The third-order valence-corrected chi connectivity index (χ3v) is 3.43. The number of amides is 2. The van der Waals surface area contributed by atoms with Crippen molar-refractivity contribution in [3.05, 3.63) is 59.9 Å². The summed E-state index contributed by atoms with van der Waals surface area (Å²) < 4.78 is 0. The molecule has 0 fully saturated rings. The van der Waals surface area contributed by atoms with E-state index in [-0.39, 0.29) is 5.75 Å². The fourth-order valence-corrected chi connectivity index (χ4v) is 2.43. The maximum Gasteiger partial charge on any atom is 0.335 e. The number of aromatic hydroxyl groups is 1. The summed E-state index contributed by atoms with van der Waals surface area (Å²) in [6.07, 6.45) is 3.84. The Bertz CT molecular complexity index is 700. The summed E-state index contributed by atoms with van der Waals surface area (Å²) >= 11 is 0. The number of nitrogens with zero attached hydrogens (tertiary/aromatic N) is 3. The molecule has 2 heterocycles. The summed E-state index contributed by atoms with van der Waals surface area (Å²) in [7, 11) is 0. The van der Waals surface area contributed by atoms with Crippen molar-refractivity contribution in [1.29, 1.82) is 0 Å². The monoisotopic (exact) mass is 282 g/mol. The topological polar surface area (TPSA) is 91.8 Å². The van der Waals surface area contributed by atoms with Crippen LogP contribution in [0.1, 0.15) is 23.6 Å². The molecule has 1 aromatic heterocycles. The lowest BCUT2D eigenvalue weighted by atomic mass is 9.98. The predicted octanol–water partition coefficient (Wildman–Crippen LogP) is 2.02. The molecule has 1 aliphatic heterocycles. The Labute approximate surface area is 121 Å². The molecule has 2 amide bonds. The molecule has 1 aromatic carbocycles. The number of urea groups is 1. The number of aromatic nitrogens is 1. The molecular formula is C15H14N4O2. The number of para-hydroxylation sites is 1. The van der Waals surface area contributed by atoms with Crippen molar-refractivity contribution in [2.45, 2.75) is 12.5 Å². The maximum absolute atomic E-state index is 11.6.